The number of nitriles is 2. The van der Waals surface area contributed by atoms with Crippen LogP contribution >= 0.6 is 11.3 Å². The van der Waals surface area contributed by atoms with Gasteiger partial charge in [0, 0.05) is 33.0 Å². The molecule has 0 bridgehead atoms. The van der Waals surface area contributed by atoms with Gasteiger partial charge in [-0.3, -0.25) is 0 Å². The van der Waals surface area contributed by atoms with E-state index >= 15 is 0 Å². The van der Waals surface area contributed by atoms with Gasteiger partial charge in [-0.25, -0.2) is 24.8 Å². The van der Waals surface area contributed by atoms with E-state index in [0.717, 1.165) is 27.1 Å². The highest BCUT2D eigenvalue weighted by Gasteiger charge is 2.32. The molecule has 10 rings (SSSR count). The molecular weight excluding hydrogens is 865 g/mol. The van der Waals surface area contributed by atoms with Crippen LogP contribution < -0.4 is 0 Å². The Morgan fingerprint density at radius 2 is 0.938 bits per heavy atom. The number of aryl methyl sites for hydroxylation is 2. The Labute approximate surface area is 380 Å². The van der Waals surface area contributed by atoms with E-state index in [1.165, 1.54) is 19.3 Å². The molecule has 3 aromatic heterocycles. The molecule has 8 nitrogen and oxygen atoms in total. The van der Waals surface area contributed by atoms with Gasteiger partial charge in [0.05, 0.1) is 60.4 Å². The van der Waals surface area contributed by atoms with Gasteiger partial charge in [0.2, 0.25) is 0 Å². The molecule has 0 atom stereocenters. The van der Waals surface area contributed by atoms with Crippen LogP contribution in [0.25, 0.3) is 77.0 Å². The molecule has 0 unspecified atom stereocenters. The van der Waals surface area contributed by atoms with Crippen molar-refractivity contribution in [1.82, 2.24) is 7.94 Å². The fourth-order valence-electron chi connectivity index (χ4n) is 8.65. The molecule has 0 radical (unpaired) electrons. The van der Waals surface area contributed by atoms with Gasteiger partial charge in [-0.05, 0) is 96.6 Å². The highest BCUT2D eigenvalue weighted by Crippen LogP contribution is 2.48. The fraction of sp³-hybridized carbons (Fsp3) is 0.0370. The van der Waals surface area contributed by atoms with E-state index in [1.54, 1.807) is 84.9 Å². The maximum absolute atomic E-state index is 14.9. The van der Waals surface area contributed by atoms with Crippen molar-refractivity contribution < 1.29 is 16.8 Å². The first-order valence-corrected chi connectivity index (χ1v) is 24.4. The minimum atomic E-state index is -4.19. The predicted octanol–water partition coefficient (Wildman–Crippen LogP) is 12.8. The van der Waals surface area contributed by atoms with E-state index in [4.69, 9.17) is 0 Å². The molecule has 0 aliphatic heterocycles. The Hall–Kier alpha value is -7.80. The molecule has 10 aromatic rings. The van der Waals surface area contributed by atoms with Crippen molar-refractivity contribution in [3.8, 4) is 67.3 Å². The Morgan fingerprint density at radius 1 is 0.462 bits per heavy atom. The van der Waals surface area contributed by atoms with Crippen molar-refractivity contribution in [3.63, 3.8) is 0 Å². The molecule has 0 N–H and O–H groups in total. The molecule has 0 saturated carbocycles. The minimum absolute atomic E-state index is 0.127. The zero-order chi connectivity index (χ0) is 45.0. The second kappa shape index (κ2) is 16.1. The third-order valence-electron chi connectivity index (χ3n) is 11.8. The summed E-state index contributed by atoms with van der Waals surface area (Å²) in [5.74, 6) is 0. The SMILES string of the molecule is Cc1ccc(S(=O)(=O)n2c(-c3ccc(-c4ccc5c(c4)c(-c4ccccc4C#N)c(-c4cccs4)n5S(=O)(=O)c4ccc(C)cc4)cc3)c(-c3ccccc3C#N)c3ccccc32)cc1. The predicted molar refractivity (Wildman–Crippen MR) is 259 cm³/mol. The average molecular weight is 901 g/mol. The van der Waals surface area contributed by atoms with Crippen LogP contribution in [0.4, 0.5) is 0 Å². The van der Waals surface area contributed by atoms with Crippen molar-refractivity contribution in [1.29, 1.82) is 10.5 Å². The van der Waals surface area contributed by atoms with Gasteiger partial charge in [0.1, 0.15) is 0 Å². The minimum Gasteiger partial charge on any atom is -0.233 e. The summed E-state index contributed by atoms with van der Waals surface area (Å²) >= 11 is 1.42. The second-order valence-corrected chi connectivity index (χ2v) is 20.3. The molecule has 0 fully saturated rings. The second-order valence-electron chi connectivity index (χ2n) is 15.7. The largest absolute Gasteiger partial charge is 0.268 e. The van der Waals surface area contributed by atoms with Gasteiger partial charge >= 0.3 is 0 Å². The maximum Gasteiger partial charge on any atom is 0.268 e. The van der Waals surface area contributed by atoms with Crippen LogP contribution in [-0.4, -0.2) is 24.8 Å². The van der Waals surface area contributed by atoms with E-state index in [0.29, 0.717) is 72.1 Å². The molecule has 0 aliphatic carbocycles. The molecule has 0 aliphatic rings. The Kier molecular flexibility index (Phi) is 10.2. The van der Waals surface area contributed by atoms with Crippen LogP contribution in [0, 0.1) is 36.5 Å². The summed E-state index contributed by atoms with van der Waals surface area (Å²) in [6.07, 6.45) is 0. The van der Waals surface area contributed by atoms with Gasteiger partial charge in [0.15, 0.2) is 0 Å². The van der Waals surface area contributed by atoms with E-state index in [1.807, 2.05) is 110 Å². The number of para-hydroxylation sites is 1. The molecular formula is C54H36N4O4S3. The van der Waals surface area contributed by atoms with Crippen LogP contribution in [0.1, 0.15) is 22.3 Å². The number of nitrogens with zero attached hydrogens (tertiary/aromatic N) is 4. The quantitative estimate of drug-likeness (QED) is 0.142. The molecule has 3 heterocycles. The Morgan fingerprint density at radius 3 is 1.49 bits per heavy atom. The van der Waals surface area contributed by atoms with Crippen LogP contribution in [-0.2, 0) is 20.0 Å². The smallest absolute Gasteiger partial charge is 0.233 e. The Balaban J connectivity index is 1.22. The summed E-state index contributed by atoms with van der Waals surface area (Å²) in [5.41, 5.74) is 9.01. The molecule has 0 saturated heterocycles. The third kappa shape index (κ3) is 6.85. The summed E-state index contributed by atoms with van der Waals surface area (Å²) in [4.78, 5) is 0.980. The first-order chi connectivity index (χ1) is 31.5. The first kappa shape index (κ1) is 41.2. The number of hydrogen-bond acceptors (Lipinski definition) is 7. The van der Waals surface area contributed by atoms with Gasteiger partial charge in [-0.1, -0.05) is 126 Å². The van der Waals surface area contributed by atoms with Crippen molar-refractivity contribution in [3.05, 3.63) is 204 Å². The standard InChI is InChI=1S/C54H36N4O4S3/c1-35-17-26-42(27-18-35)64(59,60)57-48-15-8-7-14-46(48)51(44-12-5-3-10-40(44)33-55)53(57)38-23-21-37(22-24-38)39-25-30-49-47(32-39)52(45-13-6-4-11-41(45)34-56)54(50-16-9-31-63-50)58(49)65(61,62)43-28-19-36(2)20-29-43/h3-32H,1-2H3. The number of hydrogen-bond donors (Lipinski definition) is 0. The summed E-state index contributed by atoms with van der Waals surface area (Å²) in [5, 5.41) is 23.9. The van der Waals surface area contributed by atoms with Gasteiger partial charge in [-0.2, -0.15) is 10.5 Å². The third-order valence-corrected chi connectivity index (χ3v) is 16.1. The van der Waals surface area contributed by atoms with Gasteiger partial charge in [0.25, 0.3) is 20.0 Å². The van der Waals surface area contributed by atoms with Crippen LogP contribution in [0.3, 0.4) is 0 Å². The molecule has 11 heteroatoms. The molecule has 0 amide bonds. The highest BCUT2D eigenvalue weighted by atomic mass is 32.2. The average Bonchev–Trinajstić information content (AvgIpc) is 4.08. The monoisotopic (exact) mass is 900 g/mol. The van der Waals surface area contributed by atoms with E-state index in [2.05, 4.69) is 12.1 Å². The van der Waals surface area contributed by atoms with E-state index < -0.39 is 20.0 Å². The first-order valence-electron chi connectivity index (χ1n) is 20.6. The lowest BCUT2D eigenvalue weighted by atomic mass is 9.93. The lowest BCUT2D eigenvalue weighted by molar-refractivity contribution is 0.588. The van der Waals surface area contributed by atoms with E-state index in [9.17, 15) is 27.4 Å². The maximum atomic E-state index is 14.9. The number of fused-ring (bicyclic) bond motifs is 2. The summed E-state index contributed by atoms with van der Waals surface area (Å²) in [6, 6.07) is 56.9. The zero-order valence-corrected chi connectivity index (χ0v) is 37.4. The summed E-state index contributed by atoms with van der Waals surface area (Å²) in [7, 11) is -8.36. The molecule has 7 aromatic carbocycles. The number of benzene rings is 7. The van der Waals surface area contributed by atoms with Crippen molar-refractivity contribution in [2.75, 3.05) is 0 Å². The van der Waals surface area contributed by atoms with Crippen LogP contribution in [0.5, 0.6) is 0 Å². The normalized spacial score (nSPS) is 11.8. The molecule has 314 valence electrons. The number of aromatic nitrogens is 2. The van der Waals surface area contributed by atoms with Crippen molar-refractivity contribution in [2.24, 2.45) is 0 Å². The van der Waals surface area contributed by atoms with Crippen LogP contribution in [0.15, 0.2) is 191 Å². The van der Waals surface area contributed by atoms with E-state index in [-0.39, 0.29) is 9.79 Å². The van der Waals surface area contributed by atoms with Crippen LogP contribution in [0.2, 0.25) is 0 Å². The van der Waals surface area contributed by atoms with Crippen molar-refractivity contribution >= 4 is 53.2 Å². The summed E-state index contributed by atoms with van der Waals surface area (Å²) in [6.45, 7) is 3.81. The fourth-order valence-corrected chi connectivity index (χ4v) is 12.6. The highest BCUT2D eigenvalue weighted by molar-refractivity contribution is 7.90. The number of thiophene rings is 1. The molecule has 65 heavy (non-hydrogen) atoms. The lowest BCUT2D eigenvalue weighted by Crippen LogP contribution is -2.14. The lowest BCUT2D eigenvalue weighted by Gasteiger charge is -2.15. The van der Waals surface area contributed by atoms with Gasteiger partial charge in [-0.15, -0.1) is 11.3 Å². The molecule has 0 spiro atoms. The van der Waals surface area contributed by atoms with Gasteiger partial charge < -0.3 is 0 Å². The summed E-state index contributed by atoms with van der Waals surface area (Å²) < 4.78 is 62.3. The zero-order valence-electron chi connectivity index (χ0n) is 35.0. The number of rotatable bonds is 9. The Bertz CT molecular complexity index is 3820. The van der Waals surface area contributed by atoms with Crippen molar-refractivity contribution in [2.45, 2.75) is 23.6 Å². The topological polar surface area (TPSA) is 126 Å².